The number of hydrogen-bond donors (Lipinski definition) is 0. The third-order valence-electron chi connectivity index (χ3n) is 5.83. The Hall–Kier alpha value is -2.27. The van der Waals surface area contributed by atoms with Gasteiger partial charge in [-0.3, -0.25) is 0 Å². The van der Waals surface area contributed by atoms with Crippen molar-refractivity contribution in [1.82, 2.24) is 14.5 Å². The molecular formula is C24H30N4S. The molecule has 0 bridgehead atoms. The average molecular weight is 407 g/mol. The lowest BCUT2D eigenvalue weighted by Gasteiger charge is -2.24. The molecule has 1 aromatic carbocycles. The van der Waals surface area contributed by atoms with E-state index in [2.05, 4.69) is 62.5 Å². The molecule has 0 spiro atoms. The zero-order valence-electron chi connectivity index (χ0n) is 18.1. The molecule has 0 radical (unpaired) electrons. The number of fused-ring (bicyclic) bond motifs is 1. The molecule has 2 heterocycles. The molecular weight excluding hydrogens is 376 g/mol. The Morgan fingerprint density at radius 1 is 1.17 bits per heavy atom. The Kier molecular flexibility index (Phi) is 5.43. The molecule has 29 heavy (non-hydrogen) atoms. The average Bonchev–Trinajstić information content (AvgIpc) is 3.43. The van der Waals surface area contributed by atoms with E-state index in [0.29, 0.717) is 5.82 Å². The molecule has 2 aromatic heterocycles. The van der Waals surface area contributed by atoms with Crippen molar-refractivity contribution in [3.8, 4) is 11.1 Å². The molecule has 1 aliphatic carbocycles. The number of aryl methyl sites for hydroxylation is 4. The number of aromatic nitrogens is 3. The second-order valence-corrected chi connectivity index (χ2v) is 8.77. The van der Waals surface area contributed by atoms with Gasteiger partial charge in [0.05, 0.1) is 0 Å². The van der Waals surface area contributed by atoms with E-state index in [4.69, 9.17) is 22.2 Å². The third kappa shape index (κ3) is 3.80. The van der Waals surface area contributed by atoms with Gasteiger partial charge >= 0.3 is 0 Å². The molecule has 1 fully saturated rings. The van der Waals surface area contributed by atoms with Gasteiger partial charge in [0.25, 0.3) is 0 Å². The lowest BCUT2D eigenvalue weighted by molar-refractivity contribution is 0.698. The van der Waals surface area contributed by atoms with E-state index >= 15 is 0 Å². The standard InChI is InChI=1S/C24H30N4S/c1-6-9-28(12-18-7-8-18)24-23-22(25-20(14-29)26-24)19(13-27(23)5)21-16(3)10-15(2)11-17(21)4/h10-11,13-14,18H,6-9,12H2,1-5H3. The number of hydrogen-bond acceptors (Lipinski definition) is 4. The fourth-order valence-corrected chi connectivity index (χ4v) is 4.62. The van der Waals surface area contributed by atoms with Gasteiger partial charge in [-0.15, -0.1) is 0 Å². The van der Waals surface area contributed by atoms with Crippen molar-refractivity contribution in [2.24, 2.45) is 13.0 Å². The lowest BCUT2D eigenvalue weighted by Crippen LogP contribution is -2.28. The van der Waals surface area contributed by atoms with E-state index < -0.39 is 0 Å². The molecule has 0 amide bonds. The van der Waals surface area contributed by atoms with E-state index in [1.807, 2.05) is 0 Å². The van der Waals surface area contributed by atoms with Crippen molar-refractivity contribution in [1.29, 1.82) is 0 Å². The molecule has 4 rings (SSSR count). The fourth-order valence-electron chi connectivity index (χ4n) is 4.52. The van der Waals surface area contributed by atoms with E-state index in [0.717, 1.165) is 42.3 Å². The minimum atomic E-state index is 0.634. The topological polar surface area (TPSA) is 34.0 Å². The van der Waals surface area contributed by atoms with Gasteiger partial charge in [-0.25, -0.2) is 9.97 Å². The van der Waals surface area contributed by atoms with Gasteiger partial charge in [-0.2, -0.15) is 0 Å². The van der Waals surface area contributed by atoms with Crippen LogP contribution in [-0.4, -0.2) is 33.0 Å². The number of nitrogens with zero attached hydrogens (tertiary/aromatic N) is 4. The highest BCUT2D eigenvalue weighted by Gasteiger charge is 2.27. The van der Waals surface area contributed by atoms with Crippen LogP contribution in [-0.2, 0) is 7.05 Å². The fraction of sp³-hybridized carbons (Fsp3) is 0.458. The van der Waals surface area contributed by atoms with E-state index in [1.165, 1.54) is 40.7 Å². The summed E-state index contributed by atoms with van der Waals surface area (Å²) in [5.41, 5.74) is 8.39. The zero-order valence-corrected chi connectivity index (χ0v) is 18.9. The van der Waals surface area contributed by atoms with Crippen molar-refractivity contribution < 1.29 is 0 Å². The lowest BCUT2D eigenvalue weighted by atomic mass is 9.95. The first-order valence-corrected chi connectivity index (χ1v) is 11.1. The first-order valence-electron chi connectivity index (χ1n) is 10.6. The van der Waals surface area contributed by atoms with Crippen LogP contribution in [0, 0.1) is 26.7 Å². The minimum Gasteiger partial charge on any atom is -0.354 e. The highest BCUT2D eigenvalue weighted by Crippen LogP contribution is 2.38. The Morgan fingerprint density at radius 2 is 1.86 bits per heavy atom. The minimum absolute atomic E-state index is 0.634. The van der Waals surface area contributed by atoms with Gasteiger partial charge in [0.1, 0.15) is 11.0 Å². The maximum atomic E-state index is 5.25. The Bertz CT molecular complexity index is 1060. The molecule has 4 nitrogen and oxygen atoms in total. The predicted octanol–water partition coefficient (Wildman–Crippen LogP) is 5.53. The molecule has 0 unspecified atom stereocenters. The molecule has 5 heteroatoms. The van der Waals surface area contributed by atoms with Crippen molar-refractivity contribution in [3.05, 3.63) is 40.8 Å². The van der Waals surface area contributed by atoms with Gasteiger partial charge in [0.15, 0.2) is 11.6 Å². The van der Waals surface area contributed by atoms with Crippen LogP contribution in [0.15, 0.2) is 18.3 Å². The van der Waals surface area contributed by atoms with Crippen LogP contribution in [0.3, 0.4) is 0 Å². The SMILES string of the molecule is CCCN(CC1CC1)c1nc(C=S)nc2c(-c3c(C)cc(C)cc3C)cn(C)c12. The summed E-state index contributed by atoms with van der Waals surface area (Å²) < 4.78 is 2.20. The summed E-state index contributed by atoms with van der Waals surface area (Å²) in [5.74, 6) is 2.45. The van der Waals surface area contributed by atoms with E-state index in [9.17, 15) is 0 Å². The summed E-state index contributed by atoms with van der Waals surface area (Å²) >= 11 is 5.25. The first-order chi connectivity index (χ1) is 13.9. The van der Waals surface area contributed by atoms with Gasteiger partial charge in [-0.05, 0) is 62.6 Å². The van der Waals surface area contributed by atoms with Crippen LogP contribution >= 0.6 is 12.2 Å². The smallest absolute Gasteiger partial charge is 0.165 e. The molecule has 0 saturated heterocycles. The summed E-state index contributed by atoms with van der Waals surface area (Å²) in [7, 11) is 2.11. The molecule has 3 aromatic rings. The maximum absolute atomic E-state index is 5.25. The molecule has 152 valence electrons. The van der Waals surface area contributed by atoms with Crippen molar-refractivity contribution in [3.63, 3.8) is 0 Å². The highest BCUT2D eigenvalue weighted by atomic mass is 32.1. The summed E-state index contributed by atoms with van der Waals surface area (Å²) in [4.78, 5) is 12.2. The van der Waals surface area contributed by atoms with Crippen LogP contribution in [0.5, 0.6) is 0 Å². The predicted molar refractivity (Wildman–Crippen MR) is 126 cm³/mol. The summed E-state index contributed by atoms with van der Waals surface area (Å²) in [5, 5.41) is 1.61. The summed E-state index contributed by atoms with van der Waals surface area (Å²) in [6.45, 7) is 10.8. The van der Waals surface area contributed by atoms with Crippen LogP contribution < -0.4 is 4.90 Å². The number of rotatable bonds is 7. The molecule has 1 saturated carbocycles. The van der Waals surface area contributed by atoms with Crippen molar-refractivity contribution in [2.45, 2.75) is 47.0 Å². The molecule has 0 N–H and O–H groups in total. The summed E-state index contributed by atoms with van der Waals surface area (Å²) in [6, 6.07) is 4.50. The number of anilines is 1. The highest BCUT2D eigenvalue weighted by molar-refractivity contribution is 7.79. The van der Waals surface area contributed by atoms with Gasteiger partial charge < -0.3 is 9.47 Å². The third-order valence-corrected chi connectivity index (χ3v) is 6.04. The molecule has 1 aliphatic rings. The maximum Gasteiger partial charge on any atom is 0.165 e. The van der Waals surface area contributed by atoms with Crippen LogP contribution in [0.2, 0.25) is 0 Å². The molecule has 0 atom stereocenters. The van der Waals surface area contributed by atoms with Crippen molar-refractivity contribution >= 4 is 34.4 Å². The molecule has 0 aliphatic heterocycles. The van der Waals surface area contributed by atoms with Gasteiger partial charge in [0.2, 0.25) is 0 Å². The van der Waals surface area contributed by atoms with E-state index in [1.54, 1.807) is 5.37 Å². The second kappa shape index (κ2) is 7.86. The summed E-state index contributed by atoms with van der Waals surface area (Å²) in [6.07, 6.45) is 5.96. The zero-order chi connectivity index (χ0) is 20.7. The first kappa shape index (κ1) is 20.0. The van der Waals surface area contributed by atoms with Gasteiger partial charge in [0, 0.05) is 37.3 Å². The number of thiocarbonyl (C=S) groups is 1. The Labute approximate surface area is 179 Å². The Balaban J connectivity index is 1.97. The normalized spacial score (nSPS) is 13.8. The quantitative estimate of drug-likeness (QED) is 0.483. The number of benzene rings is 1. The van der Waals surface area contributed by atoms with Crippen molar-refractivity contribution in [2.75, 3.05) is 18.0 Å². The Morgan fingerprint density at radius 3 is 2.45 bits per heavy atom. The van der Waals surface area contributed by atoms with Crippen LogP contribution in [0.25, 0.3) is 22.2 Å². The van der Waals surface area contributed by atoms with Crippen LogP contribution in [0.1, 0.15) is 48.7 Å². The van der Waals surface area contributed by atoms with Crippen LogP contribution in [0.4, 0.5) is 5.82 Å². The van der Waals surface area contributed by atoms with E-state index in [-0.39, 0.29) is 0 Å². The van der Waals surface area contributed by atoms with Gasteiger partial charge in [-0.1, -0.05) is 36.8 Å². The monoisotopic (exact) mass is 406 g/mol. The second-order valence-electron chi connectivity index (χ2n) is 8.54. The largest absolute Gasteiger partial charge is 0.354 e.